The second-order valence-electron chi connectivity index (χ2n) is 32.0. The lowest BCUT2D eigenvalue weighted by atomic mass is 9.79. The minimum absolute atomic E-state index is 0. The van der Waals surface area contributed by atoms with E-state index >= 15 is 0 Å². The summed E-state index contributed by atoms with van der Waals surface area (Å²) in [6.45, 7) is 10.5. The number of amides is 5. The fourth-order valence-corrected chi connectivity index (χ4v) is 12.7. The van der Waals surface area contributed by atoms with Crippen molar-refractivity contribution in [3.63, 3.8) is 0 Å². The van der Waals surface area contributed by atoms with Crippen LogP contribution in [0.4, 0.5) is 0 Å². The standard InChI is InChI=1S/C91H143N5O29.2H2/c1-68(97)71(25-17-19-43-92-85(106)66-123-60-56-119-52-46-95-86(107)67-122-59-53-116-47-23-28-74(98)36-41-79(90(114)115)96-83(104)30-16-12-8-6-10-14-22-50-125-78-39-33-70(34-40-78)88(110)111)62-80(101)72(63-81(102)91(2,3)4)26-18-20-44-93-84(105)65-121-58-54-117-48-24-29-76(100)64-120-57-55-118-51-45-94-82(103)42-35-73(89(112)113)61-75(99)27-15-11-7-5-9-13-21-49-124-77-37-31-69(32-38-77)87(108)109;;/h31-34,37-40,71-73,79H,5-30,35-36,41-67H2,1-4H3,(H,92,106)(H,93,105)(H,94,103)(H,95,107)(H,96,104)(H,108,109)(H,110,111)(H,112,113)(H,114,115);2*1H/t71-,72-,73-,79+;;/m1../s1. The number of ether oxygens (including phenoxy) is 10. The van der Waals surface area contributed by atoms with Gasteiger partial charge in [0.2, 0.25) is 29.5 Å². The van der Waals surface area contributed by atoms with Gasteiger partial charge in [0.25, 0.3) is 0 Å². The first-order chi connectivity index (χ1) is 60.0. The minimum Gasteiger partial charge on any atom is -0.494 e. The zero-order chi connectivity index (χ0) is 91.9. The number of Topliss-reactive ketones (excluding diaryl/α,β-unsaturated/α-hetero) is 6. The molecule has 34 heteroatoms. The highest BCUT2D eigenvalue weighted by Crippen LogP contribution is 2.28. The molecule has 2 rings (SSSR count). The summed E-state index contributed by atoms with van der Waals surface area (Å²) in [6, 6.07) is 11.4. The first-order valence-corrected chi connectivity index (χ1v) is 44.5. The molecule has 0 bridgehead atoms. The Morgan fingerprint density at radius 2 is 0.720 bits per heavy atom. The lowest BCUT2D eigenvalue weighted by molar-refractivity contribution is -0.144. The van der Waals surface area contributed by atoms with Crippen LogP contribution in [0.25, 0.3) is 0 Å². The van der Waals surface area contributed by atoms with E-state index in [1.165, 1.54) is 31.2 Å². The molecule has 5 amide bonds. The molecule has 710 valence electrons. The molecule has 0 unspecified atom stereocenters. The van der Waals surface area contributed by atoms with Crippen LogP contribution in [0.1, 0.15) is 263 Å². The fraction of sp³-hybridized carbons (Fsp3) is 0.703. The number of ketones is 6. The Morgan fingerprint density at radius 3 is 1.17 bits per heavy atom. The van der Waals surface area contributed by atoms with Gasteiger partial charge >= 0.3 is 23.9 Å². The van der Waals surface area contributed by atoms with Crippen LogP contribution in [0.15, 0.2) is 48.5 Å². The van der Waals surface area contributed by atoms with Crippen LogP contribution in [0.5, 0.6) is 11.5 Å². The summed E-state index contributed by atoms with van der Waals surface area (Å²) in [6.07, 6.45) is 17.2. The largest absolute Gasteiger partial charge is 0.494 e. The number of rotatable bonds is 85. The number of carbonyl (C=O) groups excluding carboxylic acids is 11. The third-order valence-corrected chi connectivity index (χ3v) is 20.2. The molecule has 0 aliphatic rings. The topological polar surface area (TPSA) is 489 Å². The number of aromatic carboxylic acids is 2. The van der Waals surface area contributed by atoms with Crippen molar-refractivity contribution in [1.82, 2.24) is 26.6 Å². The van der Waals surface area contributed by atoms with Crippen molar-refractivity contribution in [2.24, 2.45) is 23.2 Å². The Bertz CT molecular complexity index is 3460. The highest BCUT2D eigenvalue weighted by Gasteiger charge is 2.31. The van der Waals surface area contributed by atoms with E-state index in [2.05, 4.69) is 26.6 Å². The minimum atomic E-state index is -1.20. The zero-order valence-electron chi connectivity index (χ0n) is 74.3. The SMILES string of the molecule is CC(=O)[C@H](CCCCNC(=O)COCCOCCNC(=O)COCCOCCCC(=O)CC[C@H](NC(=O)CCCCCCCCCOc1ccc(C(=O)O)cc1)C(=O)O)CC(=O)[C@H](CCCCNC(=O)COCCOCCCC(=O)COCCOCCNC(=O)CC[C@H](CC(=O)CCCCCCCCCOc1ccc(C(=O)O)cc1)C(=O)O)CC(=O)C(C)(C)C.[HH].[HH]. The first-order valence-electron chi connectivity index (χ1n) is 44.5. The van der Waals surface area contributed by atoms with Crippen molar-refractivity contribution in [3.8, 4) is 11.5 Å². The van der Waals surface area contributed by atoms with E-state index in [9.17, 15) is 82.1 Å². The summed E-state index contributed by atoms with van der Waals surface area (Å²) in [7, 11) is 0. The fourth-order valence-electron chi connectivity index (χ4n) is 12.7. The van der Waals surface area contributed by atoms with Gasteiger partial charge in [-0.05, 0) is 133 Å². The molecule has 0 saturated carbocycles. The van der Waals surface area contributed by atoms with Gasteiger partial charge in [-0.25, -0.2) is 14.4 Å². The lowest BCUT2D eigenvalue weighted by Gasteiger charge is -2.23. The number of carbonyl (C=O) groups is 15. The highest BCUT2D eigenvalue weighted by atomic mass is 16.5. The molecule has 0 heterocycles. The summed E-state index contributed by atoms with van der Waals surface area (Å²) < 4.78 is 54.9. The van der Waals surface area contributed by atoms with Crippen LogP contribution in [-0.4, -0.2) is 260 Å². The van der Waals surface area contributed by atoms with Crippen LogP contribution in [0, 0.1) is 23.2 Å². The predicted octanol–water partition coefficient (Wildman–Crippen LogP) is 10.5. The normalized spacial score (nSPS) is 12.3. The van der Waals surface area contributed by atoms with E-state index < -0.39 is 53.1 Å². The number of unbranched alkanes of at least 4 members (excludes halogenated alkanes) is 14. The average molecular weight is 1780 g/mol. The van der Waals surface area contributed by atoms with E-state index in [0.29, 0.717) is 115 Å². The van der Waals surface area contributed by atoms with Crippen molar-refractivity contribution in [2.45, 2.75) is 246 Å². The average Bonchev–Trinajstić information content (AvgIpc) is 0.875. The van der Waals surface area contributed by atoms with Gasteiger partial charge in [0.1, 0.15) is 72.9 Å². The molecular formula is C91H147N5O29. The summed E-state index contributed by atoms with van der Waals surface area (Å²) in [4.78, 5) is 184. The zero-order valence-corrected chi connectivity index (χ0v) is 74.3. The Balaban J connectivity index is 0.0000794. The first kappa shape index (κ1) is 112. The smallest absolute Gasteiger partial charge is 0.335 e. The number of benzene rings is 2. The molecule has 0 saturated heterocycles. The van der Waals surface area contributed by atoms with Crippen molar-refractivity contribution in [3.05, 3.63) is 59.7 Å². The number of hydrogen-bond donors (Lipinski definition) is 9. The van der Waals surface area contributed by atoms with Crippen molar-refractivity contribution in [1.29, 1.82) is 0 Å². The van der Waals surface area contributed by atoms with Crippen LogP contribution < -0.4 is 36.1 Å². The summed E-state index contributed by atoms with van der Waals surface area (Å²) in [5.74, 6) is -7.66. The molecule has 0 aromatic heterocycles. The molecule has 0 fully saturated rings. The number of aliphatic carboxylic acids is 2. The second kappa shape index (κ2) is 72.0. The summed E-state index contributed by atoms with van der Waals surface area (Å²) in [5, 5.41) is 50.7. The van der Waals surface area contributed by atoms with Crippen LogP contribution >= 0.6 is 0 Å². The van der Waals surface area contributed by atoms with E-state index in [4.69, 9.17) is 57.6 Å². The van der Waals surface area contributed by atoms with Crippen LogP contribution in [0.3, 0.4) is 0 Å². The molecule has 2 aromatic carbocycles. The molecule has 2 aromatic rings. The van der Waals surface area contributed by atoms with Crippen LogP contribution in [-0.2, 0) is 100 Å². The maximum absolute atomic E-state index is 13.8. The number of hydrogen-bond acceptors (Lipinski definition) is 25. The van der Waals surface area contributed by atoms with Crippen molar-refractivity contribution >= 4 is 88.1 Å². The molecule has 9 N–H and O–H groups in total. The quantitative estimate of drug-likeness (QED) is 0.0278. The summed E-state index contributed by atoms with van der Waals surface area (Å²) in [5.41, 5.74) is -0.265. The third kappa shape index (κ3) is 62.7. The highest BCUT2D eigenvalue weighted by molar-refractivity contribution is 5.93. The summed E-state index contributed by atoms with van der Waals surface area (Å²) >= 11 is 0. The molecule has 0 radical (unpaired) electrons. The van der Waals surface area contributed by atoms with Gasteiger partial charge in [0.15, 0.2) is 5.78 Å². The molecule has 125 heavy (non-hydrogen) atoms. The number of carboxylic acids is 4. The molecule has 34 nitrogen and oxygen atoms in total. The predicted molar refractivity (Wildman–Crippen MR) is 466 cm³/mol. The van der Waals surface area contributed by atoms with Crippen molar-refractivity contribution in [2.75, 3.05) is 145 Å². The molecule has 4 atom stereocenters. The monoisotopic (exact) mass is 1770 g/mol. The Morgan fingerprint density at radius 1 is 0.320 bits per heavy atom. The van der Waals surface area contributed by atoms with Gasteiger partial charge in [0.05, 0.1) is 96.3 Å². The van der Waals surface area contributed by atoms with E-state index in [-0.39, 0.29) is 255 Å². The maximum Gasteiger partial charge on any atom is 0.335 e. The van der Waals surface area contributed by atoms with Gasteiger partial charge in [0, 0.05) is 117 Å². The van der Waals surface area contributed by atoms with Gasteiger partial charge < -0.3 is 94.4 Å². The van der Waals surface area contributed by atoms with Gasteiger partial charge in [-0.3, -0.25) is 57.5 Å². The molecule has 0 aliphatic carbocycles. The van der Waals surface area contributed by atoms with Gasteiger partial charge in [-0.1, -0.05) is 97.8 Å². The van der Waals surface area contributed by atoms with Gasteiger partial charge in [-0.15, -0.1) is 0 Å². The second-order valence-corrected chi connectivity index (χ2v) is 32.0. The number of carboxylic acid groups (broad SMARTS) is 4. The molecule has 0 aliphatic heterocycles. The Hall–Kier alpha value is -9.03. The number of nitrogens with one attached hydrogen (secondary N) is 5. The Kier molecular flexibility index (Phi) is 64.6. The van der Waals surface area contributed by atoms with Crippen LogP contribution in [0.2, 0.25) is 0 Å². The maximum atomic E-state index is 13.8. The third-order valence-electron chi connectivity index (χ3n) is 20.2. The van der Waals surface area contributed by atoms with E-state index in [1.807, 2.05) is 0 Å². The Labute approximate surface area is 739 Å². The van der Waals surface area contributed by atoms with E-state index in [1.54, 1.807) is 45.0 Å². The van der Waals surface area contributed by atoms with Gasteiger partial charge in [-0.2, -0.15) is 0 Å². The lowest BCUT2D eigenvalue weighted by Crippen LogP contribution is -2.41. The van der Waals surface area contributed by atoms with E-state index in [0.717, 1.165) is 77.0 Å². The molecule has 0 spiro atoms. The van der Waals surface area contributed by atoms with Crippen molar-refractivity contribution < 1.29 is 143 Å². The molecular weight excluding hydrogens is 1630 g/mol.